The lowest BCUT2D eigenvalue weighted by atomic mass is 10.3. The lowest BCUT2D eigenvalue weighted by Crippen LogP contribution is -2.23. The first-order valence-corrected chi connectivity index (χ1v) is 6.28. The molecule has 0 aliphatic heterocycles. The van der Waals surface area contributed by atoms with Gasteiger partial charge in [0.05, 0.1) is 16.5 Å². The standard InChI is InChI=1S/C9H5BrF3N3OS/c10-7-1-5(4-18-7)2-16-3-6(14-15-16)8(17)9(11,12)13/h1,3-4H,2H2. The summed E-state index contributed by atoms with van der Waals surface area (Å²) in [4.78, 5) is 10.9. The maximum atomic E-state index is 12.1. The first kappa shape index (κ1) is 13.2. The lowest BCUT2D eigenvalue weighted by Gasteiger charge is -2.00. The molecule has 18 heavy (non-hydrogen) atoms. The third-order valence-corrected chi connectivity index (χ3v) is 3.55. The first-order valence-electron chi connectivity index (χ1n) is 4.61. The number of nitrogens with zero attached hydrogens (tertiary/aromatic N) is 3. The number of thiophene rings is 1. The summed E-state index contributed by atoms with van der Waals surface area (Å²) >= 11 is 4.72. The van der Waals surface area contributed by atoms with Crippen LogP contribution in [0.4, 0.5) is 13.2 Å². The molecule has 0 radical (unpaired) electrons. The Morgan fingerprint density at radius 2 is 2.22 bits per heavy atom. The highest BCUT2D eigenvalue weighted by Gasteiger charge is 2.41. The molecular weight excluding hydrogens is 335 g/mol. The molecule has 2 aromatic rings. The molecule has 0 N–H and O–H groups in total. The zero-order chi connectivity index (χ0) is 13.3. The Balaban J connectivity index is 2.14. The number of ketones is 1. The van der Waals surface area contributed by atoms with Crippen LogP contribution in [0.3, 0.4) is 0 Å². The van der Waals surface area contributed by atoms with Gasteiger partial charge in [0.25, 0.3) is 5.78 Å². The molecule has 2 heterocycles. The van der Waals surface area contributed by atoms with Gasteiger partial charge in [0.15, 0.2) is 5.69 Å². The third kappa shape index (κ3) is 2.96. The van der Waals surface area contributed by atoms with Gasteiger partial charge in [-0.05, 0) is 32.9 Å². The van der Waals surface area contributed by atoms with Gasteiger partial charge in [-0.15, -0.1) is 16.4 Å². The van der Waals surface area contributed by atoms with Crippen LogP contribution >= 0.6 is 27.3 Å². The Morgan fingerprint density at radius 1 is 1.50 bits per heavy atom. The van der Waals surface area contributed by atoms with Crippen molar-refractivity contribution in [3.05, 3.63) is 32.7 Å². The molecule has 9 heteroatoms. The summed E-state index contributed by atoms with van der Waals surface area (Å²) in [6.45, 7) is 0.264. The van der Waals surface area contributed by atoms with Crippen LogP contribution in [0, 0.1) is 0 Å². The van der Waals surface area contributed by atoms with Gasteiger partial charge >= 0.3 is 6.18 Å². The van der Waals surface area contributed by atoms with Crippen molar-refractivity contribution in [2.24, 2.45) is 0 Å². The number of aromatic nitrogens is 3. The van der Waals surface area contributed by atoms with E-state index in [1.54, 1.807) is 0 Å². The highest BCUT2D eigenvalue weighted by molar-refractivity contribution is 9.11. The van der Waals surface area contributed by atoms with E-state index in [0.717, 1.165) is 15.5 Å². The molecule has 0 aliphatic carbocycles. The van der Waals surface area contributed by atoms with E-state index in [9.17, 15) is 18.0 Å². The molecule has 0 fully saturated rings. The second-order valence-electron chi connectivity index (χ2n) is 3.39. The van der Waals surface area contributed by atoms with Crippen molar-refractivity contribution in [2.75, 3.05) is 0 Å². The summed E-state index contributed by atoms with van der Waals surface area (Å²) in [5.41, 5.74) is 0.166. The minimum Gasteiger partial charge on any atom is -0.282 e. The van der Waals surface area contributed by atoms with E-state index in [1.165, 1.54) is 16.0 Å². The molecule has 0 saturated carbocycles. The van der Waals surface area contributed by atoms with Crippen LogP contribution < -0.4 is 0 Å². The largest absolute Gasteiger partial charge is 0.456 e. The van der Waals surface area contributed by atoms with E-state index in [0.29, 0.717) is 0 Å². The van der Waals surface area contributed by atoms with E-state index in [4.69, 9.17) is 0 Å². The number of Topliss-reactive ketones (excluding diaryl/α,β-unsaturated/α-hetero) is 1. The monoisotopic (exact) mass is 339 g/mol. The molecule has 96 valence electrons. The molecule has 0 aromatic carbocycles. The second-order valence-corrected chi connectivity index (χ2v) is 5.68. The van der Waals surface area contributed by atoms with Gasteiger partial charge in [0.2, 0.25) is 0 Å². The fourth-order valence-corrected chi connectivity index (χ4v) is 2.44. The number of hydrogen-bond acceptors (Lipinski definition) is 4. The van der Waals surface area contributed by atoms with Crippen molar-refractivity contribution in [3.63, 3.8) is 0 Å². The summed E-state index contributed by atoms with van der Waals surface area (Å²) in [6.07, 6.45) is -3.94. The Morgan fingerprint density at radius 3 is 2.78 bits per heavy atom. The molecule has 0 atom stereocenters. The molecule has 2 rings (SSSR count). The summed E-state index contributed by atoms with van der Waals surface area (Å²) in [6, 6.07) is 1.82. The first-order chi connectivity index (χ1) is 8.36. The summed E-state index contributed by atoms with van der Waals surface area (Å²) in [5.74, 6) is -1.99. The topological polar surface area (TPSA) is 47.8 Å². The highest BCUT2D eigenvalue weighted by atomic mass is 79.9. The Hall–Kier alpha value is -1.22. The van der Waals surface area contributed by atoms with E-state index in [-0.39, 0.29) is 6.54 Å². The fourth-order valence-electron chi connectivity index (χ4n) is 1.24. The van der Waals surface area contributed by atoms with Gasteiger partial charge in [0.1, 0.15) is 0 Å². The van der Waals surface area contributed by atoms with Gasteiger partial charge in [-0.1, -0.05) is 5.21 Å². The summed E-state index contributed by atoms with van der Waals surface area (Å²) < 4.78 is 38.5. The van der Waals surface area contributed by atoms with Crippen molar-refractivity contribution in [3.8, 4) is 0 Å². The molecule has 4 nitrogen and oxygen atoms in total. The van der Waals surface area contributed by atoms with Crippen molar-refractivity contribution >= 4 is 33.0 Å². The molecule has 2 aromatic heterocycles. The average molecular weight is 340 g/mol. The van der Waals surface area contributed by atoms with Crippen molar-refractivity contribution in [1.82, 2.24) is 15.0 Å². The minimum atomic E-state index is -4.92. The Kier molecular flexibility index (Phi) is 3.53. The predicted molar refractivity (Wildman–Crippen MR) is 61.5 cm³/mol. The average Bonchev–Trinajstić information content (AvgIpc) is 2.86. The van der Waals surface area contributed by atoms with E-state index in [2.05, 4.69) is 26.2 Å². The number of halogens is 4. The van der Waals surface area contributed by atoms with Crippen molar-refractivity contribution in [2.45, 2.75) is 12.7 Å². The van der Waals surface area contributed by atoms with Crippen molar-refractivity contribution < 1.29 is 18.0 Å². The number of alkyl halides is 3. The molecular formula is C9H5BrF3N3OS. The predicted octanol–water partition coefficient (Wildman–Crippen LogP) is 2.90. The Labute approximate surface area is 112 Å². The van der Waals surface area contributed by atoms with E-state index < -0.39 is 17.7 Å². The normalized spacial score (nSPS) is 11.8. The molecule has 0 bridgehead atoms. The van der Waals surface area contributed by atoms with Gasteiger partial charge in [0, 0.05) is 0 Å². The fraction of sp³-hybridized carbons (Fsp3) is 0.222. The van der Waals surface area contributed by atoms with Crippen LogP contribution in [0.1, 0.15) is 16.1 Å². The molecule has 0 amide bonds. The number of carbonyl (C=O) groups is 1. The van der Waals surface area contributed by atoms with Gasteiger partial charge < -0.3 is 0 Å². The van der Waals surface area contributed by atoms with Gasteiger partial charge in [-0.3, -0.25) is 4.79 Å². The minimum absolute atomic E-state index is 0.264. The summed E-state index contributed by atoms with van der Waals surface area (Å²) in [7, 11) is 0. The zero-order valence-corrected chi connectivity index (χ0v) is 11.0. The van der Waals surface area contributed by atoms with Crippen LogP contribution in [-0.2, 0) is 6.54 Å². The number of hydrogen-bond donors (Lipinski definition) is 0. The Bertz CT molecular complexity index is 578. The SMILES string of the molecule is O=C(c1cn(Cc2csc(Br)c2)nn1)C(F)(F)F. The molecule has 0 aliphatic rings. The lowest BCUT2D eigenvalue weighted by molar-refractivity contribution is -0.0888. The van der Waals surface area contributed by atoms with Crippen LogP contribution in [0.2, 0.25) is 0 Å². The second kappa shape index (κ2) is 4.81. The maximum absolute atomic E-state index is 12.1. The number of rotatable bonds is 3. The molecule has 0 saturated heterocycles. The zero-order valence-electron chi connectivity index (χ0n) is 8.61. The quantitative estimate of drug-likeness (QED) is 0.808. The van der Waals surface area contributed by atoms with Crippen LogP contribution in [0.25, 0.3) is 0 Å². The smallest absolute Gasteiger partial charge is 0.282 e. The van der Waals surface area contributed by atoms with Crippen LogP contribution in [0.5, 0.6) is 0 Å². The third-order valence-electron chi connectivity index (χ3n) is 2.00. The highest BCUT2D eigenvalue weighted by Crippen LogP contribution is 2.22. The number of carbonyl (C=O) groups excluding carboxylic acids is 1. The van der Waals surface area contributed by atoms with Gasteiger partial charge in [-0.25, -0.2) is 4.68 Å². The van der Waals surface area contributed by atoms with Crippen molar-refractivity contribution in [1.29, 1.82) is 0 Å². The molecule has 0 spiro atoms. The van der Waals surface area contributed by atoms with Crippen LogP contribution in [0.15, 0.2) is 21.4 Å². The maximum Gasteiger partial charge on any atom is 0.456 e. The van der Waals surface area contributed by atoms with E-state index in [1.807, 2.05) is 11.4 Å². The molecule has 0 unspecified atom stereocenters. The van der Waals surface area contributed by atoms with E-state index >= 15 is 0 Å². The summed E-state index contributed by atoms with van der Waals surface area (Å²) in [5, 5.41) is 8.54. The van der Waals surface area contributed by atoms with Gasteiger partial charge in [-0.2, -0.15) is 13.2 Å². The van der Waals surface area contributed by atoms with Crippen LogP contribution in [-0.4, -0.2) is 27.0 Å².